The molecule has 0 saturated carbocycles. The Morgan fingerprint density at radius 2 is 2.18 bits per heavy atom. The van der Waals surface area contributed by atoms with Gasteiger partial charge in [0.1, 0.15) is 0 Å². The zero-order valence-corrected chi connectivity index (χ0v) is 12.3. The van der Waals surface area contributed by atoms with E-state index in [2.05, 4.69) is 32.3 Å². The normalized spacial score (nSPS) is 23.2. The second-order valence-electron chi connectivity index (χ2n) is 5.36. The molecular weight excluding hydrogens is 232 g/mol. The first kappa shape index (κ1) is 14.8. The second-order valence-corrected chi connectivity index (χ2v) is 6.27. The SMILES string of the molecule is CSCC(C)CN1CCCC(NC(C)C)C1=O. The molecule has 0 aliphatic carbocycles. The van der Waals surface area contributed by atoms with Gasteiger partial charge < -0.3 is 10.2 Å². The first-order chi connectivity index (χ1) is 8.04. The van der Waals surface area contributed by atoms with E-state index in [1.54, 1.807) is 0 Å². The van der Waals surface area contributed by atoms with Crippen LogP contribution >= 0.6 is 11.8 Å². The highest BCUT2D eigenvalue weighted by Crippen LogP contribution is 2.15. The van der Waals surface area contributed by atoms with Crippen molar-refractivity contribution in [1.82, 2.24) is 10.2 Å². The number of nitrogens with one attached hydrogen (secondary N) is 1. The Labute approximate surface area is 110 Å². The van der Waals surface area contributed by atoms with Crippen molar-refractivity contribution in [1.29, 1.82) is 0 Å². The van der Waals surface area contributed by atoms with Gasteiger partial charge >= 0.3 is 0 Å². The van der Waals surface area contributed by atoms with Gasteiger partial charge in [-0.25, -0.2) is 0 Å². The predicted octanol–water partition coefficient (Wildman–Crippen LogP) is 1.97. The van der Waals surface area contributed by atoms with Crippen molar-refractivity contribution in [3.8, 4) is 0 Å². The minimum absolute atomic E-state index is 0.0465. The number of hydrogen-bond donors (Lipinski definition) is 1. The third-order valence-corrected chi connectivity index (χ3v) is 3.95. The van der Waals surface area contributed by atoms with Crippen LogP contribution in [0.15, 0.2) is 0 Å². The summed E-state index contributed by atoms with van der Waals surface area (Å²) in [5.41, 5.74) is 0. The standard InChI is InChI=1S/C13H26N2OS/c1-10(2)14-12-6-5-7-15(13(12)16)8-11(3)9-17-4/h10-12,14H,5-9H2,1-4H3. The Morgan fingerprint density at radius 3 is 2.76 bits per heavy atom. The van der Waals surface area contributed by atoms with E-state index < -0.39 is 0 Å². The lowest BCUT2D eigenvalue weighted by molar-refractivity contribution is -0.136. The van der Waals surface area contributed by atoms with Gasteiger partial charge in [0.15, 0.2) is 0 Å². The third-order valence-electron chi connectivity index (χ3n) is 3.05. The number of rotatable bonds is 6. The quantitative estimate of drug-likeness (QED) is 0.790. The van der Waals surface area contributed by atoms with Gasteiger partial charge in [-0.2, -0.15) is 11.8 Å². The van der Waals surface area contributed by atoms with Gasteiger partial charge in [0.25, 0.3) is 0 Å². The van der Waals surface area contributed by atoms with E-state index >= 15 is 0 Å². The van der Waals surface area contributed by atoms with Crippen molar-refractivity contribution in [3.05, 3.63) is 0 Å². The number of piperidine rings is 1. The molecule has 2 atom stereocenters. The molecule has 17 heavy (non-hydrogen) atoms. The van der Waals surface area contributed by atoms with Crippen molar-refractivity contribution >= 4 is 17.7 Å². The van der Waals surface area contributed by atoms with Crippen LogP contribution in [-0.4, -0.2) is 48.0 Å². The molecule has 0 aromatic rings. The molecular formula is C13H26N2OS. The molecule has 3 nitrogen and oxygen atoms in total. The monoisotopic (exact) mass is 258 g/mol. The number of carbonyl (C=O) groups is 1. The summed E-state index contributed by atoms with van der Waals surface area (Å²) in [6.07, 6.45) is 4.24. The van der Waals surface area contributed by atoms with E-state index in [-0.39, 0.29) is 6.04 Å². The summed E-state index contributed by atoms with van der Waals surface area (Å²) in [5.74, 6) is 2.02. The zero-order chi connectivity index (χ0) is 12.8. The Kier molecular flexibility index (Phi) is 6.34. The maximum absolute atomic E-state index is 12.3. The first-order valence-electron chi connectivity index (χ1n) is 6.58. The van der Waals surface area contributed by atoms with Gasteiger partial charge in [-0.05, 0) is 30.8 Å². The maximum atomic E-state index is 12.3. The van der Waals surface area contributed by atoms with Gasteiger partial charge in [0.2, 0.25) is 5.91 Å². The van der Waals surface area contributed by atoms with Crippen LogP contribution in [0.1, 0.15) is 33.6 Å². The summed E-state index contributed by atoms with van der Waals surface area (Å²) in [6.45, 7) is 8.28. The first-order valence-corrected chi connectivity index (χ1v) is 7.97. The second kappa shape index (κ2) is 7.27. The Hall–Kier alpha value is -0.220. The van der Waals surface area contributed by atoms with Crippen molar-refractivity contribution in [2.75, 3.05) is 25.1 Å². The van der Waals surface area contributed by atoms with E-state index in [0.29, 0.717) is 17.9 Å². The fourth-order valence-corrected chi connectivity index (χ4v) is 3.07. The van der Waals surface area contributed by atoms with E-state index in [0.717, 1.165) is 31.7 Å². The topological polar surface area (TPSA) is 32.3 Å². The van der Waals surface area contributed by atoms with Crippen LogP contribution in [0, 0.1) is 5.92 Å². The average Bonchev–Trinajstić information content (AvgIpc) is 2.23. The fraction of sp³-hybridized carbons (Fsp3) is 0.923. The van der Waals surface area contributed by atoms with Gasteiger partial charge in [-0.15, -0.1) is 0 Å². The highest BCUT2D eigenvalue weighted by Gasteiger charge is 2.29. The number of likely N-dealkylation sites (tertiary alicyclic amines) is 1. The smallest absolute Gasteiger partial charge is 0.239 e. The summed E-state index contributed by atoms with van der Waals surface area (Å²) in [5, 5.41) is 3.37. The summed E-state index contributed by atoms with van der Waals surface area (Å²) in [4.78, 5) is 14.3. The summed E-state index contributed by atoms with van der Waals surface area (Å²) < 4.78 is 0. The summed E-state index contributed by atoms with van der Waals surface area (Å²) >= 11 is 1.86. The maximum Gasteiger partial charge on any atom is 0.239 e. The van der Waals surface area contributed by atoms with Crippen molar-refractivity contribution in [2.24, 2.45) is 5.92 Å². The van der Waals surface area contributed by atoms with Crippen molar-refractivity contribution in [2.45, 2.75) is 45.7 Å². The molecule has 100 valence electrons. The summed E-state index contributed by atoms with van der Waals surface area (Å²) in [6, 6.07) is 0.428. The minimum atomic E-state index is 0.0465. The molecule has 0 spiro atoms. The minimum Gasteiger partial charge on any atom is -0.341 e. The van der Waals surface area contributed by atoms with E-state index in [1.807, 2.05) is 16.7 Å². The predicted molar refractivity (Wildman–Crippen MR) is 75.4 cm³/mol. The van der Waals surface area contributed by atoms with Crippen LogP contribution in [0.2, 0.25) is 0 Å². The van der Waals surface area contributed by atoms with Crippen LogP contribution in [-0.2, 0) is 4.79 Å². The van der Waals surface area contributed by atoms with Crippen LogP contribution in [0.25, 0.3) is 0 Å². The van der Waals surface area contributed by atoms with E-state index in [4.69, 9.17) is 0 Å². The molecule has 0 aromatic carbocycles. The molecule has 4 heteroatoms. The lowest BCUT2D eigenvalue weighted by Crippen LogP contribution is -2.53. The molecule has 2 unspecified atom stereocenters. The number of nitrogens with zero attached hydrogens (tertiary/aromatic N) is 1. The molecule has 1 aliphatic rings. The molecule has 1 saturated heterocycles. The number of thioether (sulfide) groups is 1. The van der Waals surface area contributed by atoms with Crippen LogP contribution in [0.4, 0.5) is 0 Å². The fourth-order valence-electron chi connectivity index (χ4n) is 2.39. The highest BCUT2D eigenvalue weighted by atomic mass is 32.2. The average molecular weight is 258 g/mol. The highest BCUT2D eigenvalue weighted by molar-refractivity contribution is 7.98. The lowest BCUT2D eigenvalue weighted by atomic mass is 10.0. The van der Waals surface area contributed by atoms with Crippen LogP contribution < -0.4 is 5.32 Å². The van der Waals surface area contributed by atoms with Crippen molar-refractivity contribution < 1.29 is 4.79 Å². The molecule has 0 bridgehead atoms. The molecule has 1 heterocycles. The van der Waals surface area contributed by atoms with Crippen LogP contribution in [0.5, 0.6) is 0 Å². The molecule has 1 aliphatic heterocycles. The number of amides is 1. The van der Waals surface area contributed by atoms with Gasteiger partial charge in [0.05, 0.1) is 6.04 Å². The van der Waals surface area contributed by atoms with E-state index in [9.17, 15) is 4.79 Å². The number of hydrogen-bond acceptors (Lipinski definition) is 3. The largest absolute Gasteiger partial charge is 0.341 e. The van der Waals surface area contributed by atoms with Gasteiger partial charge in [-0.3, -0.25) is 4.79 Å². The zero-order valence-electron chi connectivity index (χ0n) is 11.5. The lowest BCUT2D eigenvalue weighted by Gasteiger charge is -2.35. The Bertz CT molecular complexity index is 246. The summed E-state index contributed by atoms with van der Waals surface area (Å²) in [7, 11) is 0. The van der Waals surface area contributed by atoms with Crippen LogP contribution in [0.3, 0.4) is 0 Å². The molecule has 1 fully saturated rings. The molecule has 1 N–H and O–H groups in total. The molecule has 1 amide bonds. The Morgan fingerprint density at radius 1 is 1.47 bits per heavy atom. The van der Waals surface area contributed by atoms with Gasteiger partial charge in [0, 0.05) is 19.1 Å². The molecule has 1 rings (SSSR count). The molecule has 0 radical (unpaired) electrons. The van der Waals surface area contributed by atoms with Gasteiger partial charge in [-0.1, -0.05) is 20.8 Å². The van der Waals surface area contributed by atoms with E-state index in [1.165, 1.54) is 0 Å². The third kappa shape index (κ3) is 4.88. The molecule has 0 aromatic heterocycles. The number of carbonyl (C=O) groups excluding carboxylic acids is 1. The Balaban J connectivity index is 2.47. The van der Waals surface area contributed by atoms with Crippen molar-refractivity contribution in [3.63, 3.8) is 0 Å².